The fourth-order valence-electron chi connectivity index (χ4n) is 3.07. The highest BCUT2D eigenvalue weighted by Gasteiger charge is 2.23. The highest BCUT2D eigenvalue weighted by Crippen LogP contribution is 2.26. The quantitative estimate of drug-likeness (QED) is 0.877. The van der Waals surface area contributed by atoms with Crippen LogP contribution in [0.3, 0.4) is 0 Å². The maximum Gasteiger partial charge on any atom is 0.160 e. The molecule has 0 bridgehead atoms. The first kappa shape index (κ1) is 12.6. The van der Waals surface area contributed by atoms with Gasteiger partial charge in [-0.3, -0.25) is 4.90 Å². The second-order valence-corrected chi connectivity index (χ2v) is 6.11. The number of aromatic nitrogens is 3. The van der Waals surface area contributed by atoms with Crippen LogP contribution in [0.2, 0.25) is 5.15 Å². The number of rotatable bonds is 3. The Morgan fingerprint density at radius 2 is 2.10 bits per heavy atom. The highest BCUT2D eigenvalue weighted by molar-refractivity contribution is 6.29. The van der Waals surface area contributed by atoms with Crippen LogP contribution in [-0.2, 0) is 6.54 Å². The Kier molecular flexibility index (Phi) is 3.13. The summed E-state index contributed by atoms with van der Waals surface area (Å²) < 4.78 is 2.02. The summed E-state index contributed by atoms with van der Waals surface area (Å²) in [6, 6.07) is 2.41. The molecule has 106 valence electrons. The number of nitrogens with zero attached hydrogens (tertiary/aromatic N) is 4. The summed E-state index contributed by atoms with van der Waals surface area (Å²) in [5, 5.41) is 9.52. The highest BCUT2D eigenvalue weighted by atomic mass is 35.5. The van der Waals surface area contributed by atoms with Gasteiger partial charge in [-0.2, -0.15) is 5.10 Å². The lowest BCUT2D eigenvalue weighted by atomic mass is 10.1. The molecule has 6 heteroatoms. The molecule has 0 saturated carbocycles. The molecule has 4 heterocycles. The zero-order chi connectivity index (χ0) is 13.5. The predicted octanol–water partition coefficient (Wildman–Crippen LogP) is 1.82. The second kappa shape index (κ2) is 4.98. The largest absolute Gasteiger partial charge is 0.312 e. The number of nitrogens with one attached hydrogen (secondary N) is 1. The van der Waals surface area contributed by atoms with Crippen molar-refractivity contribution in [3.8, 4) is 0 Å². The van der Waals surface area contributed by atoms with Crippen LogP contribution in [0, 0.1) is 0 Å². The molecule has 0 unspecified atom stereocenters. The third kappa shape index (κ3) is 2.10. The van der Waals surface area contributed by atoms with Crippen molar-refractivity contribution in [1.82, 2.24) is 25.0 Å². The molecule has 0 radical (unpaired) electrons. The lowest BCUT2D eigenvalue weighted by Crippen LogP contribution is -2.43. The van der Waals surface area contributed by atoms with Crippen molar-refractivity contribution >= 4 is 22.6 Å². The van der Waals surface area contributed by atoms with Gasteiger partial charge >= 0.3 is 0 Å². The molecule has 0 aromatic carbocycles. The van der Waals surface area contributed by atoms with E-state index < -0.39 is 0 Å². The van der Waals surface area contributed by atoms with Gasteiger partial charge in [0, 0.05) is 25.0 Å². The van der Waals surface area contributed by atoms with Gasteiger partial charge in [-0.1, -0.05) is 11.6 Å². The Hall–Kier alpha value is -1.17. The van der Waals surface area contributed by atoms with Gasteiger partial charge in [-0.05, 0) is 37.6 Å². The van der Waals surface area contributed by atoms with E-state index in [1.54, 1.807) is 0 Å². The summed E-state index contributed by atoms with van der Waals surface area (Å²) in [4.78, 5) is 6.97. The first-order valence-electron chi connectivity index (χ1n) is 7.27. The molecular formula is C14H18ClN5. The zero-order valence-electron chi connectivity index (χ0n) is 11.3. The van der Waals surface area contributed by atoms with E-state index >= 15 is 0 Å². The smallest absolute Gasteiger partial charge is 0.160 e. The number of likely N-dealkylation sites (tertiary alicyclic amines) is 1. The Balaban J connectivity index is 1.73. The van der Waals surface area contributed by atoms with Gasteiger partial charge in [0.1, 0.15) is 5.15 Å². The van der Waals surface area contributed by atoms with Crippen LogP contribution in [0.25, 0.3) is 11.0 Å². The van der Waals surface area contributed by atoms with Gasteiger partial charge in [0.05, 0.1) is 12.2 Å². The van der Waals surface area contributed by atoms with E-state index in [1.807, 2.05) is 16.9 Å². The molecule has 20 heavy (non-hydrogen) atoms. The minimum Gasteiger partial charge on any atom is -0.312 e. The van der Waals surface area contributed by atoms with Gasteiger partial charge in [0.25, 0.3) is 0 Å². The van der Waals surface area contributed by atoms with E-state index in [0.717, 1.165) is 30.7 Å². The number of hydrogen-bond donors (Lipinski definition) is 1. The van der Waals surface area contributed by atoms with Crippen LogP contribution >= 0.6 is 11.6 Å². The summed E-state index contributed by atoms with van der Waals surface area (Å²) in [6.07, 6.45) is 4.55. The summed E-state index contributed by atoms with van der Waals surface area (Å²) in [5.74, 6) is 0. The number of pyridine rings is 1. The molecule has 2 aromatic rings. The summed E-state index contributed by atoms with van der Waals surface area (Å²) in [7, 11) is 0. The summed E-state index contributed by atoms with van der Waals surface area (Å²) in [6.45, 7) is 5.25. The van der Waals surface area contributed by atoms with Gasteiger partial charge in [0.2, 0.25) is 0 Å². The molecule has 0 aliphatic carbocycles. The lowest BCUT2D eigenvalue weighted by Gasteiger charge is -2.27. The number of hydrogen-bond acceptors (Lipinski definition) is 4. The fourth-order valence-corrected chi connectivity index (χ4v) is 3.29. The SMILES string of the molecule is Clc1cc(CN2CCCC2)c2cnn(C3CNC3)c2n1. The normalized spacial score (nSPS) is 20.6. The maximum absolute atomic E-state index is 6.22. The van der Waals surface area contributed by atoms with Crippen LogP contribution < -0.4 is 5.32 Å². The van der Waals surface area contributed by atoms with Gasteiger partial charge in [-0.25, -0.2) is 9.67 Å². The standard InChI is InChI=1S/C14H18ClN5/c15-13-5-10(9-19-3-1-2-4-19)12-8-17-20(14(12)18-13)11-6-16-7-11/h5,8,11,16H,1-4,6-7,9H2. The monoisotopic (exact) mass is 291 g/mol. The first-order chi connectivity index (χ1) is 9.81. The minimum absolute atomic E-state index is 0.415. The van der Waals surface area contributed by atoms with Crippen molar-refractivity contribution in [2.75, 3.05) is 26.2 Å². The minimum atomic E-state index is 0.415. The van der Waals surface area contributed by atoms with Crippen molar-refractivity contribution in [2.24, 2.45) is 0 Å². The van der Waals surface area contributed by atoms with Crippen molar-refractivity contribution in [2.45, 2.75) is 25.4 Å². The average Bonchev–Trinajstić information content (AvgIpc) is 2.98. The van der Waals surface area contributed by atoms with Crippen LogP contribution in [0.5, 0.6) is 0 Å². The van der Waals surface area contributed by atoms with Crippen molar-refractivity contribution in [3.63, 3.8) is 0 Å². The predicted molar refractivity (Wildman–Crippen MR) is 79.0 cm³/mol. The maximum atomic E-state index is 6.22. The third-order valence-electron chi connectivity index (χ3n) is 4.32. The molecular weight excluding hydrogens is 274 g/mol. The molecule has 4 rings (SSSR count). The van der Waals surface area contributed by atoms with E-state index in [-0.39, 0.29) is 0 Å². The average molecular weight is 292 g/mol. The van der Waals surface area contributed by atoms with E-state index in [4.69, 9.17) is 11.6 Å². The lowest BCUT2D eigenvalue weighted by molar-refractivity contribution is 0.324. The molecule has 2 fully saturated rings. The molecule has 2 saturated heterocycles. The van der Waals surface area contributed by atoms with Gasteiger partial charge in [-0.15, -0.1) is 0 Å². The Morgan fingerprint density at radius 3 is 2.80 bits per heavy atom. The van der Waals surface area contributed by atoms with Crippen LogP contribution in [0.4, 0.5) is 0 Å². The number of halogens is 1. The first-order valence-corrected chi connectivity index (χ1v) is 7.65. The third-order valence-corrected chi connectivity index (χ3v) is 4.51. The van der Waals surface area contributed by atoms with Crippen molar-refractivity contribution in [1.29, 1.82) is 0 Å². The van der Waals surface area contributed by atoms with Crippen LogP contribution in [0.1, 0.15) is 24.4 Å². The molecule has 2 aromatic heterocycles. The van der Waals surface area contributed by atoms with E-state index in [2.05, 4.69) is 20.3 Å². The van der Waals surface area contributed by atoms with E-state index in [9.17, 15) is 0 Å². The van der Waals surface area contributed by atoms with Crippen molar-refractivity contribution in [3.05, 3.63) is 23.0 Å². The van der Waals surface area contributed by atoms with Crippen LogP contribution in [0.15, 0.2) is 12.3 Å². The zero-order valence-corrected chi connectivity index (χ0v) is 12.1. The molecule has 5 nitrogen and oxygen atoms in total. The van der Waals surface area contributed by atoms with Crippen LogP contribution in [-0.4, -0.2) is 45.8 Å². The summed E-state index contributed by atoms with van der Waals surface area (Å²) >= 11 is 6.22. The van der Waals surface area contributed by atoms with E-state index in [0.29, 0.717) is 11.2 Å². The molecule has 0 amide bonds. The Morgan fingerprint density at radius 1 is 1.30 bits per heavy atom. The molecule has 2 aliphatic rings. The molecule has 0 atom stereocenters. The number of fused-ring (bicyclic) bond motifs is 1. The summed E-state index contributed by atoms with van der Waals surface area (Å²) in [5.41, 5.74) is 2.18. The van der Waals surface area contributed by atoms with Gasteiger partial charge < -0.3 is 5.32 Å². The topological polar surface area (TPSA) is 46.0 Å². The molecule has 1 N–H and O–H groups in total. The molecule has 0 spiro atoms. The van der Waals surface area contributed by atoms with Crippen molar-refractivity contribution < 1.29 is 0 Å². The van der Waals surface area contributed by atoms with E-state index in [1.165, 1.54) is 31.5 Å². The second-order valence-electron chi connectivity index (χ2n) is 5.73. The molecule has 2 aliphatic heterocycles. The fraction of sp³-hybridized carbons (Fsp3) is 0.571. The Bertz CT molecular complexity index is 628. The van der Waals surface area contributed by atoms with Gasteiger partial charge in [0.15, 0.2) is 5.65 Å². The Labute approximate surface area is 122 Å².